The van der Waals surface area contributed by atoms with Crippen molar-refractivity contribution in [1.82, 2.24) is 5.32 Å². The van der Waals surface area contributed by atoms with Gasteiger partial charge in [0.25, 0.3) is 0 Å². The summed E-state index contributed by atoms with van der Waals surface area (Å²) in [6, 6.07) is -0.0666. The second-order valence-electron chi connectivity index (χ2n) is 4.92. The largest absolute Gasteiger partial charge is 0.469 e. The van der Waals surface area contributed by atoms with Crippen LogP contribution >= 0.6 is 0 Å². The molecule has 0 aromatic carbocycles. The van der Waals surface area contributed by atoms with E-state index in [0.717, 1.165) is 6.42 Å². The average molecular weight is 241 g/mol. The number of rotatable bonds is 5. The number of esters is 1. The molecular formula is C13H23NO3. The van der Waals surface area contributed by atoms with E-state index in [-0.39, 0.29) is 24.3 Å². The molecule has 98 valence electrons. The van der Waals surface area contributed by atoms with Crippen LogP contribution in [-0.4, -0.2) is 25.0 Å². The van der Waals surface area contributed by atoms with E-state index in [1.807, 2.05) is 0 Å². The minimum Gasteiger partial charge on any atom is -0.469 e. The highest BCUT2D eigenvalue weighted by atomic mass is 16.5. The van der Waals surface area contributed by atoms with Crippen molar-refractivity contribution in [3.05, 3.63) is 0 Å². The van der Waals surface area contributed by atoms with Gasteiger partial charge in [0.1, 0.15) is 0 Å². The molecule has 1 aliphatic rings. The first-order valence-corrected chi connectivity index (χ1v) is 6.45. The number of methoxy groups -OCH3 is 1. The molecule has 0 bridgehead atoms. The Kier molecular flexibility index (Phi) is 6.01. The number of carbonyl (C=O) groups excluding carboxylic acids is 2. The Bertz CT molecular complexity index is 259. The zero-order valence-corrected chi connectivity index (χ0v) is 10.8. The normalized spacial score (nSPS) is 18.5. The summed E-state index contributed by atoms with van der Waals surface area (Å²) in [5.74, 6) is 0.319. The van der Waals surface area contributed by atoms with Crippen molar-refractivity contribution in [1.29, 1.82) is 0 Å². The summed E-state index contributed by atoms with van der Waals surface area (Å²) in [4.78, 5) is 22.4. The van der Waals surface area contributed by atoms with Crippen LogP contribution < -0.4 is 5.32 Å². The highest BCUT2D eigenvalue weighted by Crippen LogP contribution is 2.28. The maximum absolute atomic E-state index is 11.3. The van der Waals surface area contributed by atoms with E-state index in [2.05, 4.69) is 10.1 Å². The molecule has 4 heteroatoms. The molecule has 4 nitrogen and oxygen atoms in total. The third-order valence-electron chi connectivity index (χ3n) is 3.39. The Morgan fingerprint density at radius 1 is 1.29 bits per heavy atom. The van der Waals surface area contributed by atoms with Crippen LogP contribution in [0.2, 0.25) is 0 Å². The summed E-state index contributed by atoms with van der Waals surface area (Å²) in [6.45, 7) is 1.49. The van der Waals surface area contributed by atoms with Crippen LogP contribution in [0.5, 0.6) is 0 Å². The van der Waals surface area contributed by atoms with Crippen molar-refractivity contribution < 1.29 is 14.3 Å². The first-order chi connectivity index (χ1) is 8.11. The van der Waals surface area contributed by atoms with Gasteiger partial charge in [-0.1, -0.05) is 32.1 Å². The topological polar surface area (TPSA) is 55.4 Å². The van der Waals surface area contributed by atoms with Crippen LogP contribution in [0.4, 0.5) is 0 Å². The van der Waals surface area contributed by atoms with Crippen LogP contribution in [-0.2, 0) is 14.3 Å². The number of hydrogen-bond acceptors (Lipinski definition) is 3. The van der Waals surface area contributed by atoms with Crippen molar-refractivity contribution >= 4 is 11.9 Å². The highest BCUT2D eigenvalue weighted by Gasteiger charge is 2.21. The Morgan fingerprint density at radius 3 is 2.47 bits per heavy atom. The highest BCUT2D eigenvalue weighted by molar-refractivity contribution is 5.75. The fraction of sp³-hybridized carbons (Fsp3) is 0.846. The van der Waals surface area contributed by atoms with E-state index in [0.29, 0.717) is 5.92 Å². The first kappa shape index (κ1) is 14.0. The first-order valence-electron chi connectivity index (χ1n) is 6.45. The molecule has 1 N–H and O–H groups in total. The lowest BCUT2D eigenvalue weighted by Gasteiger charge is -2.26. The van der Waals surface area contributed by atoms with Gasteiger partial charge in [-0.05, 0) is 12.3 Å². The number of nitrogens with one attached hydrogen (secondary N) is 1. The van der Waals surface area contributed by atoms with Gasteiger partial charge in [0.15, 0.2) is 0 Å². The smallest absolute Gasteiger partial charge is 0.307 e. The molecule has 1 fully saturated rings. The van der Waals surface area contributed by atoms with Crippen molar-refractivity contribution in [2.45, 2.75) is 57.9 Å². The molecule has 1 aliphatic carbocycles. The van der Waals surface area contributed by atoms with E-state index in [1.165, 1.54) is 46.1 Å². The van der Waals surface area contributed by atoms with Crippen molar-refractivity contribution in [3.8, 4) is 0 Å². The predicted molar refractivity (Wildman–Crippen MR) is 65.4 cm³/mol. The van der Waals surface area contributed by atoms with Gasteiger partial charge in [-0.15, -0.1) is 0 Å². The Morgan fingerprint density at radius 2 is 1.94 bits per heavy atom. The van der Waals surface area contributed by atoms with Gasteiger partial charge >= 0.3 is 5.97 Å². The monoisotopic (exact) mass is 241 g/mol. The predicted octanol–water partition coefficient (Wildman–Crippen LogP) is 2.02. The molecule has 0 radical (unpaired) electrons. The minimum atomic E-state index is -0.250. The molecule has 1 amide bonds. The van der Waals surface area contributed by atoms with Gasteiger partial charge < -0.3 is 10.1 Å². The molecule has 17 heavy (non-hydrogen) atoms. The lowest BCUT2D eigenvalue weighted by Crippen LogP contribution is -2.37. The lowest BCUT2D eigenvalue weighted by molar-refractivity contribution is -0.141. The van der Waals surface area contributed by atoms with Gasteiger partial charge in [-0.25, -0.2) is 0 Å². The summed E-state index contributed by atoms with van der Waals surface area (Å²) in [7, 11) is 1.38. The molecule has 0 saturated heterocycles. The molecule has 0 spiro atoms. The van der Waals surface area contributed by atoms with Crippen LogP contribution in [0, 0.1) is 5.92 Å². The van der Waals surface area contributed by atoms with Crippen LogP contribution in [0.3, 0.4) is 0 Å². The summed E-state index contributed by atoms with van der Waals surface area (Å²) in [5, 5.41) is 2.85. The summed E-state index contributed by atoms with van der Waals surface area (Å²) < 4.78 is 4.66. The molecular weight excluding hydrogens is 218 g/mol. The maximum Gasteiger partial charge on any atom is 0.307 e. The van der Waals surface area contributed by atoms with E-state index in [9.17, 15) is 9.59 Å². The van der Waals surface area contributed by atoms with Gasteiger partial charge in [-0.2, -0.15) is 0 Å². The van der Waals surface area contributed by atoms with E-state index < -0.39 is 0 Å². The molecule has 1 rings (SSSR count). The molecule has 0 aromatic heterocycles. The number of ether oxygens (including phenoxy) is 1. The van der Waals surface area contributed by atoms with Gasteiger partial charge in [0, 0.05) is 13.0 Å². The lowest BCUT2D eigenvalue weighted by atomic mass is 9.84. The zero-order chi connectivity index (χ0) is 12.7. The Balaban J connectivity index is 2.43. The van der Waals surface area contributed by atoms with Crippen LogP contribution in [0.15, 0.2) is 0 Å². The molecule has 0 aliphatic heterocycles. The van der Waals surface area contributed by atoms with Gasteiger partial charge in [-0.3, -0.25) is 9.59 Å². The maximum atomic E-state index is 11.3. The van der Waals surface area contributed by atoms with E-state index in [4.69, 9.17) is 0 Å². The molecule has 0 heterocycles. The summed E-state index contributed by atoms with van der Waals surface area (Å²) in [6.07, 6.45) is 7.49. The fourth-order valence-corrected chi connectivity index (χ4v) is 2.59. The third-order valence-corrected chi connectivity index (χ3v) is 3.39. The molecule has 1 saturated carbocycles. The quantitative estimate of drug-likeness (QED) is 0.749. The van der Waals surface area contributed by atoms with Crippen molar-refractivity contribution in [3.63, 3.8) is 0 Å². The Hall–Kier alpha value is -1.06. The standard InChI is InChI=1S/C13H23NO3/c1-10(15)14-12(9-13(16)17-2)8-11-6-4-3-5-7-11/h11-12H,3-9H2,1-2H3,(H,14,15). The molecule has 1 unspecified atom stereocenters. The summed E-state index contributed by atoms with van der Waals surface area (Å²) in [5.41, 5.74) is 0. The van der Waals surface area contributed by atoms with E-state index in [1.54, 1.807) is 0 Å². The number of hydrogen-bond donors (Lipinski definition) is 1. The minimum absolute atomic E-state index is 0.0666. The van der Waals surface area contributed by atoms with Crippen LogP contribution in [0.25, 0.3) is 0 Å². The number of amides is 1. The third kappa shape index (κ3) is 5.71. The second-order valence-corrected chi connectivity index (χ2v) is 4.92. The SMILES string of the molecule is COC(=O)CC(CC1CCCCC1)NC(C)=O. The zero-order valence-electron chi connectivity index (χ0n) is 10.8. The van der Waals surface area contributed by atoms with Gasteiger partial charge in [0.05, 0.1) is 13.5 Å². The Labute approximate surface area is 103 Å². The fourth-order valence-electron chi connectivity index (χ4n) is 2.59. The molecule has 1 atom stereocenters. The van der Waals surface area contributed by atoms with Gasteiger partial charge in [0.2, 0.25) is 5.91 Å². The van der Waals surface area contributed by atoms with Crippen molar-refractivity contribution in [2.24, 2.45) is 5.92 Å². The summed E-state index contributed by atoms with van der Waals surface area (Å²) >= 11 is 0. The van der Waals surface area contributed by atoms with E-state index >= 15 is 0 Å². The molecule has 0 aromatic rings. The second kappa shape index (κ2) is 7.30. The average Bonchev–Trinajstić information content (AvgIpc) is 2.29. The number of carbonyl (C=O) groups is 2. The van der Waals surface area contributed by atoms with Crippen molar-refractivity contribution in [2.75, 3.05) is 7.11 Å². The van der Waals surface area contributed by atoms with Crippen LogP contribution in [0.1, 0.15) is 51.9 Å².